The molecule has 7 atom stereocenters. The highest BCUT2D eigenvalue weighted by atomic mass is 16.7. The molecule has 0 bridgehead atoms. The molecule has 1 aliphatic heterocycles. The zero-order valence-corrected chi connectivity index (χ0v) is 34.5. The third-order valence-corrected chi connectivity index (χ3v) is 10.4. The minimum Gasteiger partial charge on any atom is -0.394 e. The number of hydrogen-bond donors (Lipinski definition) is 6. The molecule has 316 valence electrons. The van der Waals surface area contributed by atoms with Crippen LogP contribution in [0.5, 0.6) is 0 Å². The van der Waals surface area contributed by atoms with Gasteiger partial charge in [0.2, 0.25) is 5.91 Å². The molecule has 54 heavy (non-hydrogen) atoms. The number of amides is 1. The zero-order chi connectivity index (χ0) is 39.5. The summed E-state index contributed by atoms with van der Waals surface area (Å²) in [4.78, 5) is 12.9. The van der Waals surface area contributed by atoms with Gasteiger partial charge in [-0.05, 0) is 57.8 Å². The Morgan fingerprint density at radius 2 is 1.06 bits per heavy atom. The zero-order valence-electron chi connectivity index (χ0n) is 34.5. The lowest BCUT2D eigenvalue weighted by Crippen LogP contribution is -2.60. The summed E-state index contributed by atoms with van der Waals surface area (Å²) in [7, 11) is 0. The number of carbonyl (C=O) groups excluding carboxylic acids is 1. The normalized spacial score (nSPS) is 21.8. The minimum absolute atomic E-state index is 0.191. The predicted octanol–water partition coefficient (Wildman–Crippen LogP) is 8.89. The van der Waals surface area contributed by atoms with E-state index in [1.54, 1.807) is 6.08 Å². The van der Waals surface area contributed by atoms with E-state index in [1.807, 2.05) is 6.08 Å². The first-order valence-electron chi connectivity index (χ1n) is 22.2. The Morgan fingerprint density at radius 1 is 0.611 bits per heavy atom. The minimum atomic E-state index is -1.57. The molecule has 0 aromatic rings. The third-order valence-electron chi connectivity index (χ3n) is 10.4. The van der Waals surface area contributed by atoms with Gasteiger partial charge < -0.3 is 40.3 Å². The van der Waals surface area contributed by atoms with Gasteiger partial charge in [-0.1, -0.05) is 159 Å². The molecule has 1 fully saturated rings. The summed E-state index contributed by atoms with van der Waals surface area (Å²) in [6.45, 7) is 3.72. The summed E-state index contributed by atoms with van der Waals surface area (Å²) >= 11 is 0. The van der Waals surface area contributed by atoms with Crippen molar-refractivity contribution in [3.05, 3.63) is 36.5 Å². The molecule has 0 aromatic heterocycles. The summed E-state index contributed by atoms with van der Waals surface area (Å²) in [5, 5.41) is 54.0. The molecule has 0 aliphatic carbocycles. The molecular weight excluding hydrogens is 682 g/mol. The third kappa shape index (κ3) is 26.3. The number of aliphatic hydroxyl groups is 5. The quantitative estimate of drug-likeness (QED) is 0.0274. The molecule has 1 heterocycles. The van der Waals surface area contributed by atoms with Crippen LogP contribution in [0.4, 0.5) is 0 Å². The Bertz CT molecular complexity index is 941. The van der Waals surface area contributed by atoms with Gasteiger partial charge in [0.1, 0.15) is 24.4 Å². The van der Waals surface area contributed by atoms with Crippen molar-refractivity contribution in [2.24, 2.45) is 0 Å². The highest BCUT2D eigenvalue weighted by Crippen LogP contribution is 2.22. The van der Waals surface area contributed by atoms with Crippen molar-refractivity contribution < 1.29 is 39.8 Å². The van der Waals surface area contributed by atoms with Gasteiger partial charge in [0.25, 0.3) is 0 Å². The average molecular weight is 766 g/mol. The lowest BCUT2D eigenvalue weighted by molar-refractivity contribution is -0.302. The maximum atomic E-state index is 12.9. The average Bonchev–Trinajstić information content (AvgIpc) is 3.17. The van der Waals surface area contributed by atoms with Crippen LogP contribution in [0.15, 0.2) is 36.5 Å². The van der Waals surface area contributed by atoms with E-state index in [0.717, 1.165) is 38.5 Å². The first-order valence-corrected chi connectivity index (χ1v) is 22.2. The largest absolute Gasteiger partial charge is 0.394 e. The fourth-order valence-electron chi connectivity index (χ4n) is 6.81. The molecule has 9 nitrogen and oxygen atoms in total. The Morgan fingerprint density at radius 3 is 1.56 bits per heavy atom. The van der Waals surface area contributed by atoms with Gasteiger partial charge >= 0.3 is 0 Å². The molecule has 0 aromatic carbocycles. The molecule has 1 amide bonds. The summed E-state index contributed by atoms with van der Waals surface area (Å²) in [6, 6.07) is -0.819. The standard InChI is InChI=1S/C45H83NO8/c1-3-5-7-9-11-13-15-17-18-19-20-21-22-23-25-27-29-31-33-35-41(49)46-38(37-53-45-44(52)43(51)42(50)40(36-47)54-45)39(48)34-32-30-28-26-24-16-14-12-10-8-6-4-2/h17-18,24,26,32,34,38-40,42-45,47-48,50-52H,3-16,19-23,25,27-31,33,35-37H2,1-2H3,(H,46,49)/b18-17+,26-24+,34-32+/t38-,39+,40-,42-,43?,44?,45-/m0/s1. The molecule has 0 spiro atoms. The highest BCUT2D eigenvalue weighted by molar-refractivity contribution is 5.76. The van der Waals surface area contributed by atoms with Gasteiger partial charge in [-0.25, -0.2) is 0 Å². The van der Waals surface area contributed by atoms with E-state index in [9.17, 15) is 30.3 Å². The Hall–Kier alpha value is -1.59. The van der Waals surface area contributed by atoms with Crippen molar-refractivity contribution in [2.75, 3.05) is 13.2 Å². The van der Waals surface area contributed by atoms with Crippen molar-refractivity contribution >= 4 is 5.91 Å². The van der Waals surface area contributed by atoms with E-state index in [1.165, 1.54) is 128 Å². The lowest BCUT2D eigenvalue weighted by atomic mass is 9.99. The number of nitrogens with one attached hydrogen (secondary N) is 1. The number of unbranched alkanes of at least 4 members (excludes halogenated alkanes) is 22. The van der Waals surface area contributed by atoms with Crippen LogP contribution in [0.2, 0.25) is 0 Å². The van der Waals surface area contributed by atoms with E-state index in [4.69, 9.17) is 9.47 Å². The smallest absolute Gasteiger partial charge is 0.220 e. The second-order valence-electron chi connectivity index (χ2n) is 15.5. The van der Waals surface area contributed by atoms with Crippen LogP contribution in [0.1, 0.15) is 187 Å². The molecule has 2 unspecified atom stereocenters. The number of aliphatic hydroxyl groups excluding tert-OH is 5. The van der Waals surface area contributed by atoms with E-state index >= 15 is 0 Å². The Balaban J connectivity index is 2.36. The SMILES string of the molecule is CCCCCCCC/C=C/CC/C=C/[C@@H](O)[C@H](CO[C@H]1O[C@@H](CO)[C@H](O)C(O)C1O)NC(=O)CCCCCCCCCCC/C=C/CCCCCCCC. The number of ether oxygens (including phenoxy) is 2. The predicted molar refractivity (Wildman–Crippen MR) is 221 cm³/mol. The van der Waals surface area contributed by atoms with Crippen molar-refractivity contribution in [3.8, 4) is 0 Å². The van der Waals surface area contributed by atoms with Crippen molar-refractivity contribution in [1.29, 1.82) is 0 Å². The summed E-state index contributed by atoms with van der Waals surface area (Å²) in [5.74, 6) is -0.191. The second-order valence-corrected chi connectivity index (χ2v) is 15.5. The fraction of sp³-hybridized carbons (Fsp3) is 0.844. The van der Waals surface area contributed by atoms with Crippen molar-refractivity contribution in [2.45, 2.75) is 230 Å². The molecule has 0 saturated carbocycles. The van der Waals surface area contributed by atoms with Crippen LogP contribution in [0.3, 0.4) is 0 Å². The fourth-order valence-corrected chi connectivity index (χ4v) is 6.81. The van der Waals surface area contributed by atoms with Crippen LogP contribution in [0.25, 0.3) is 0 Å². The molecule has 1 rings (SSSR count). The van der Waals surface area contributed by atoms with Gasteiger partial charge in [-0.15, -0.1) is 0 Å². The molecule has 1 aliphatic rings. The van der Waals surface area contributed by atoms with Crippen molar-refractivity contribution in [3.63, 3.8) is 0 Å². The summed E-state index contributed by atoms with van der Waals surface area (Å²) < 4.78 is 11.2. The van der Waals surface area contributed by atoms with Gasteiger partial charge in [0.15, 0.2) is 6.29 Å². The number of hydrogen-bond acceptors (Lipinski definition) is 8. The van der Waals surface area contributed by atoms with Crippen molar-refractivity contribution in [1.82, 2.24) is 5.32 Å². The van der Waals surface area contributed by atoms with Gasteiger partial charge in [0.05, 0.1) is 25.4 Å². The lowest BCUT2D eigenvalue weighted by Gasteiger charge is -2.40. The first kappa shape index (κ1) is 50.4. The molecule has 0 radical (unpaired) electrons. The van der Waals surface area contributed by atoms with Crippen LogP contribution >= 0.6 is 0 Å². The molecule has 9 heteroatoms. The van der Waals surface area contributed by atoms with E-state index in [2.05, 4.69) is 43.5 Å². The number of carbonyl (C=O) groups is 1. The van der Waals surface area contributed by atoms with Crippen LogP contribution in [-0.4, -0.2) is 87.5 Å². The monoisotopic (exact) mass is 766 g/mol. The Kier molecular flexibility index (Phi) is 33.4. The molecule has 1 saturated heterocycles. The highest BCUT2D eigenvalue weighted by Gasteiger charge is 2.44. The number of rotatable bonds is 36. The van der Waals surface area contributed by atoms with E-state index in [0.29, 0.717) is 6.42 Å². The van der Waals surface area contributed by atoms with E-state index < -0.39 is 49.5 Å². The van der Waals surface area contributed by atoms with E-state index in [-0.39, 0.29) is 12.5 Å². The van der Waals surface area contributed by atoms with Gasteiger partial charge in [-0.2, -0.15) is 0 Å². The first-order chi connectivity index (χ1) is 26.3. The maximum Gasteiger partial charge on any atom is 0.220 e. The summed E-state index contributed by atoms with van der Waals surface area (Å²) in [5.41, 5.74) is 0. The van der Waals surface area contributed by atoms with Gasteiger partial charge in [0, 0.05) is 6.42 Å². The van der Waals surface area contributed by atoms with Gasteiger partial charge in [-0.3, -0.25) is 4.79 Å². The van der Waals surface area contributed by atoms with Crippen LogP contribution in [-0.2, 0) is 14.3 Å². The number of allylic oxidation sites excluding steroid dienone is 5. The second kappa shape index (κ2) is 35.8. The molecular formula is C45H83NO8. The topological polar surface area (TPSA) is 149 Å². The summed E-state index contributed by atoms with van der Waals surface area (Å²) in [6.07, 6.45) is 36.2. The maximum absolute atomic E-state index is 12.9. The molecule has 6 N–H and O–H groups in total. The van der Waals surface area contributed by atoms with Crippen LogP contribution < -0.4 is 5.32 Å². The Labute approximate surface area is 330 Å². The van der Waals surface area contributed by atoms with Crippen LogP contribution in [0, 0.1) is 0 Å².